The van der Waals surface area contributed by atoms with Crippen molar-refractivity contribution in [1.29, 1.82) is 0 Å². The maximum absolute atomic E-state index is 2.27. The zero-order valence-corrected chi connectivity index (χ0v) is 9.85. The summed E-state index contributed by atoms with van der Waals surface area (Å²) in [6, 6.07) is 0. The van der Waals surface area contributed by atoms with Gasteiger partial charge in [0.1, 0.15) is 0 Å². The second kappa shape index (κ2) is 2.13. The Morgan fingerprint density at radius 2 is 1.50 bits per heavy atom. The molecule has 0 nitrogen and oxygen atoms in total. The molecule has 26 valence electrons. The fourth-order valence-electron chi connectivity index (χ4n) is 0. The number of hydrogen-bond acceptors (Lipinski definition) is 0. The van der Waals surface area contributed by atoms with Crippen LogP contribution in [0.25, 0.3) is 0 Å². The van der Waals surface area contributed by atoms with Crippen LogP contribution in [0, 0.1) is 0 Å². The predicted molar refractivity (Wildman–Crippen MR) is 35.6 cm³/mol. The lowest BCUT2D eigenvalue weighted by Crippen LogP contribution is -2.11. The van der Waals surface area contributed by atoms with Gasteiger partial charge in [0.25, 0.3) is 0 Å². The monoisotopic (exact) mass is 121 g/mol. The van der Waals surface area contributed by atoms with Crippen LogP contribution >= 0.6 is 0 Å². The molecule has 0 aliphatic carbocycles. The molecule has 0 heterocycles. The average Bonchev–Trinajstić information content (AvgIpc) is 0.811. The molecule has 0 aliphatic rings. The van der Waals surface area contributed by atoms with Crippen LogP contribution in [-0.4, -0.2) is 36.6 Å². The molecule has 0 aromatic rings. The third-order valence-electron chi connectivity index (χ3n) is 0. The highest BCUT2D eigenvalue weighted by Crippen LogP contribution is 1.35. The van der Waals surface area contributed by atoms with E-state index in [9.17, 15) is 0 Å². The van der Waals surface area contributed by atoms with E-state index in [-0.39, 0.29) is 7.35 Å². The van der Waals surface area contributed by atoms with Gasteiger partial charge in [0, 0.05) is 0 Å². The molecule has 4 heteroatoms. The van der Waals surface area contributed by atoms with E-state index in [1.54, 1.807) is 19.5 Å². The summed E-state index contributed by atoms with van der Waals surface area (Å²) in [5, 5.41) is 0. The van der Waals surface area contributed by atoms with Crippen molar-refractivity contribution in [3.8, 4) is 0 Å². The minimum absolute atomic E-state index is 0.167. The largest absolute Gasteiger partial charge is 0.303 e. The molecule has 4 heavy (non-hydrogen) atoms. The first-order valence-electron chi connectivity index (χ1n) is 1.56. The van der Waals surface area contributed by atoms with Crippen LogP contribution in [-0.2, 0) is 0 Å². The molecular formula is H9Si4-. The summed E-state index contributed by atoms with van der Waals surface area (Å²) >= 11 is 0. The smallest absolute Gasteiger partial charge is 0.0401 e. The van der Waals surface area contributed by atoms with E-state index in [1.807, 2.05) is 0 Å². The summed E-state index contributed by atoms with van der Waals surface area (Å²) in [6.07, 6.45) is 0. The van der Waals surface area contributed by atoms with Crippen molar-refractivity contribution in [1.82, 2.24) is 0 Å². The van der Waals surface area contributed by atoms with Crippen molar-refractivity contribution in [2.45, 2.75) is 0 Å². The quantitative estimate of drug-likeness (QED) is 0.287. The second-order valence-electron chi connectivity index (χ2n) is 1.39. The van der Waals surface area contributed by atoms with E-state index >= 15 is 0 Å². The fraction of sp³-hybridized carbons (Fsp3) is 0. The Hall–Kier alpha value is 0.868. The van der Waals surface area contributed by atoms with E-state index in [2.05, 4.69) is 9.76 Å². The van der Waals surface area contributed by atoms with Crippen LogP contribution in [0.1, 0.15) is 0 Å². The van der Waals surface area contributed by atoms with Crippen molar-refractivity contribution >= 4 is 36.6 Å². The highest BCUT2D eigenvalue weighted by molar-refractivity contribution is 7.49. The van der Waals surface area contributed by atoms with Crippen molar-refractivity contribution in [2.24, 2.45) is 0 Å². The predicted octanol–water partition coefficient (Wildman–Crippen LogP) is -3.93. The molecule has 0 fully saturated rings. The molecule has 0 aromatic carbocycles. The van der Waals surface area contributed by atoms with Gasteiger partial charge in [-0.05, 0) is 19.5 Å². The van der Waals surface area contributed by atoms with E-state index in [4.69, 9.17) is 0 Å². The van der Waals surface area contributed by atoms with Crippen molar-refractivity contribution < 1.29 is 0 Å². The normalized spacial score (nSPS) is 17.2. The maximum Gasteiger partial charge on any atom is -0.0401 e. The third kappa shape index (κ3) is 13.3. The molecule has 0 aromatic heterocycles. The van der Waals surface area contributed by atoms with Gasteiger partial charge in [-0.2, -0.15) is 0 Å². The zero-order chi connectivity index (χ0) is 3.58. The lowest BCUT2D eigenvalue weighted by Gasteiger charge is -1.87. The Kier molecular flexibility index (Phi) is 2.59. The SMILES string of the molecule is [SiH2-][SiH]([SiH3])[SiH3]. The first-order valence-corrected chi connectivity index (χ1v) is 14.1. The van der Waals surface area contributed by atoms with Crippen molar-refractivity contribution in [3.63, 3.8) is 0 Å². The summed E-state index contributed by atoms with van der Waals surface area (Å²) < 4.78 is 0. The molecule has 0 aliphatic heterocycles. The standard InChI is InChI=1S/H9Si4/c1-4(2)3/h4H,1H2,2-3H3/q-1. The number of rotatable bonds is 0. The molecule has 0 saturated heterocycles. The minimum Gasteiger partial charge on any atom is -0.303 e. The van der Waals surface area contributed by atoms with Gasteiger partial charge < -0.3 is 9.76 Å². The van der Waals surface area contributed by atoms with Crippen LogP contribution < -0.4 is 0 Å². The fourth-order valence-corrected chi connectivity index (χ4v) is 0. The molecule has 0 N–H and O–H groups in total. The molecule has 0 amide bonds. The zero-order valence-electron chi connectivity index (χ0n) is 3.28. The van der Waals surface area contributed by atoms with Crippen molar-refractivity contribution in [3.05, 3.63) is 0 Å². The van der Waals surface area contributed by atoms with Gasteiger partial charge in [0.15, 0.2) is 0 Å². The molecule has 0 rings (SSSR count). The molecular weight excluding hydrogens is 112 g/mol. The van der Waals surface area contributed by atoms with Gasteiger partial charge in [0.2, 0.25) is 0 Å². The van der Waals surface area contributed by atoms with E-state index in [1.165, 1.54) is 0 Å². The van der Waals surface area contributed by atoms with Crippen molar-refractivity contribution in [2.75, 3.05) is 0 Å². The average molecular weight is 121 g/mol. The lowest BCUT2D eigenvalue weighted by molar-refractivity contribution is 4.02. The molecule has 0 radical (unpaired) electrons. The molecule has 0 atom stereocenters. The van der Waals surface area contributed by atoms with Crippen LogP contribution in [0.3, 0.4) is 0 Å². The van der Waals surface area contributed by atoms with Gasteiger partial charge in [0.05, 0.1) is 0 Å². The Labute approximate surface area is 37.2 Å². The molecule has 0 spiro atoms. The summed E-state index contributed by atoms with van der Waals surface area (Å²) in [7, 11) is 5.56. The Morgan fingerprint density at radius 3 is 1.50 bits per heavy atom. The molecule has 0 saturated carbocycles. The highest BCUT2D eigenvalue weighted by Gasteiger charge is 1.60. The number of hydrogen-bond donors (Lipinski definition) is 0. The summed E-state index contributed by atoms with van der Waals surface area (Å²) in [5.74, 6) is 0. The van der Waals surface area contributed by atoms with E-state index in [0.717, 1.165) is 0 Å². The Bertz CT molecular complexity index is 4.75. The van der Waals surface area contributed by atoms with Gasteiger partial charge in [-0.25, -0.2) is 0 Å². The van der Waals surface area contributed by atoms with Gasteiger partial charge >= 0.3 is 0 Å². The molecule has 0 unspecified atom stereocenters. The topological polar surface area (TPSA) is 0 Å². The second-order valence-corrected chi connectivity index (χ2v) is 37.6. The highest BCUT2D eigenvalue weighted by atomic mass is 29.8. The van der Waals surface area contributed by atoms with E-state index in [0.29, 0.717) is 0 Å². The van der Waals surface area contributed by atoms with Crippen LogP contribution in [0.2, 0.25) is 0 Å². The first-order chi connectivity index (χ1) is 1.73. The van der Waals surface area contributed by atoms with Crippen LogP contribution in [0.4, 0.5) is 0 Å². The Morgan fingerprint density at radius 1 is 1.50 bits per heavy atom. The first kappa shape index (κ1) is 4.87. The summed E-state index contributed by atoms with van der Waals surface area (Å²) in [6.45, 7) is 0. The third-order valence-corrected chi connectivity index (χ3v) is 0. The Balaban J connectivity index is 2.32. The van der Waals surface area contributed by atoms with Crippen LogP contribution in [0.5, 0.6) is 0 Å². The van der Waals surface area contributed by atoms with Gasteiger partial charge in [-0.1, -0.05) is 0 Å². The minimum atomic E-state index is 0.167. The maximum atomic E-state index is 2.27. The van der Waals surface area contributed by atoms with Crippen LogP contribution in [0.15, 0.2) is 0 Å². The summed E-state index contributed by atoms with van der Waals surface area (Å²) in [5.41, 5.74) is 0. The van der Waals surface area contributed by atoms with Gasteiger partial charge in [-0.15, -0.1) is 7.35 Å². The summed E-state index contributed by atoms with van der Waals surface area (Å²) in [4.78, 5) is 0. The molecule has 0 bridgehead atoms. The lowest BCUT2D eigenvalue weighted by atomic mass is 26.4. The van der Waals surface area contributed by atoms with Gasteiger partial charge in [-0.3, -0.25) is 0 Å². The van der Waals surface area contributed by atoms with E-state index < -0.39 is 0 Å².